The molecule has 0 radical (unpaired) electrons. The fourth-order valence-corrected chi connectivity index (χ4v) is 1.38. The lowest BCUT2D eigenvalue weighted by atomic mass is 10.2. The van der Waals surface area contributed by atoms with E-state index in [1.807, 2.05) is 0 Å². The quantitative estimate of drug-likeness (QED) is 0.660. The number of hydrogen-bond donors (Lipinski definition) is 1. The number of hydrogen-bond acceptors (Lipinski definition) is 2. The van der Waals surface area contributed by atoms with Gasteiger partial charge in [0.25, 0.3) is 0 Å². The highest BCUT2D eigenvalue weighted by Gasteiger charge is 2.29. The van der Waals surface area contributed by atoms with Crippen LogP contribution in [0.25, 0.3) is 0 Å². The van der Waals surface area contributed by atoms with E-state index < -0.39 is 11.7 Å². The van der Waals surface area contributed by atoms with E-state index in [0.717, 1.165) is 13.0 Å². The summed E-state index contributed by atoms with van der Waals surface area (Å²) in [5.74, 6) is 0.428. The lowest BCUT2D eigenvalue weighted by molar-refractivity contribution is -0.0912. The maximum atomic E-state index is 12.2. The highest BCUT2D eigenvalue weighted by molar-refractivity contribution is 6.32. The zero-order chi connectivity index (χ0) is 14.5. The minimum atomic E-state index is -4.30. The Kier molecular flexibility index (Phi) is 5.30. The predicted molar refractivity (Wildman–Crippen MR) is 70.3 cm³/mol. The van der Waals surface area contributed by atoms with E-state index in [2.05, 4.69) is 0 Å². The molecule has 0 atom stereocenters. The standard InChI is InChI=1S/C13H13ClF3NO/c1-9(13(15,16)17)4-2-3-7-19-12-6-5-10(18)8-11(12)14/h2-6,8H,7,18H2,1H3/b3-2-,9-4+. The van der Waals surface area contributed by atoms with E-state index in [1.165, 1.54) is 18.2 Å². The number of ether oxygens (including phenoxy) is 1. The molecule has 0 fully saturated rings. The SMILES string of the molecule is C/C(=C\C=C/COc1ccc(N)cc1Cl)C(F)(F)F. The Balaban J connectivity index is 2.51. The number of alkyl halides is 3. The molecule has 0 aromatic heterocycles. The van der Waals surface area contributed by atoms with E-state index in [4.69, 9.17) is 22.1 Å². The Morgan fingerprint density at radius 2 is 2.11 bits per heavy atom. The minimum absolute atomic E-state index is 0.116. The predicted octanol–water partition coefficient (Wildman–Crippen LogP) is 4.37. The van der Waals surface area contributed by atoms with Gasteiger partial charge in [-0.15, -0.1) is 0 Å². The van der Waals surface area contributed by atoms with Crippen molar-refractivity contribution in [3.63, 3.8) is 0 Å². The van der Waals surface area contributed by atoms with Gasteiger partial charge in [0.15, 0.2) is 0 Å². The van der Waals surface area contributed by atoms with Crippen molar-refractivity contribution in [1.82, 2.24) is 0 Å². The molecule has 104 valence electrons. The van der Waals surface area contributed by atoms with Crippen LogP contribution in [0.2, 0.25) is 5.02 Å². The normalized spacial score (nSPS) is 13.0. The fourth-order valence-electron chi connectivity index (χ4n) is 1.13. The minimum Gasteiger partial charge on any atom is -0.488 e. The van der Waals surface area contributed by atoms with Crippen LogP contribution in [0.4, 0.5) is 18.9 Å². The molecule has 1 aromatic rings. The Bertz CT molecular complexity index is 495. The van der Waals surface area contributed by atoms with Crippen LogP contribution in [0.1, 0.15) is 6.92 Å². The molecule has 0 amide bonds. The van der Waals surface area contributed by atoms with E-state index in [-0.39, 0.29) is 6.61 Å². The molecule has 0 saturated heterocycles. The highest BCUT2D eigenvalue weighted by atomic mass is 35.5. The van der Waals surface area contributed by atoms with E-state index in [0.29, 0.717) is 16.5 Å². The van der Waals surface area contributed by atoms with Gasteiger partial charge in [-0.2, -0.15) is 13.2 Å². The Morgan fingerprint density at radius 3 is 2.68 bits per heavy atom. The van der Waals surface area contributed by atoms with Gasteiger partial charge >= 0.3 is 6.18 Å². The largest absolute Gasteiger partial charge is 0.488 e. The van der Waals surface area contributed by atoms with Crippen molar-refractivity contribution in [2.24, 2.45) is 0 Å². The second-order valence-electron chi connectivity index (χ2n) is 3.78. The van der Waals surface area contributed by atoms with Crippen LogP contribution in [0.5, 0.6) is 5.75 Å². The molecular formula is C13H13ClF3NO. The molecule has 6 heteroatoms. The first kappa shape index (κ1) is 15.4. The summed E-state index contributed by atoms with van der Waals surface area (Å²) >= 11 is 5.86. The third-order valence-electron chi connectivity index (χ3n) is 2.22. The van der Waals surface area contributed by atoms with Crippen molar-refractivity contribution in [2.75, 3.05) is 12.3 Å². The van der Waals surface area contributed by atoms with Gasteiger partial charge in [0.1, 0.15) is 12.4 Å². The number of allylic oxidation sites excluding steroid dienone is 3. The zero-order valence-electron chi connectivity index (χ0n) is 10.2. The summed E-state index contributed by atoms with van der Waals surface area (Å²) in [5.41, 5.74) is 5.35. The first-order chi connectivity index (χ1) is 8.80. The average Bonchev–Trinajstić information content (AvgIpc) is 2.29. The number of anilines is 1. The molecule has 0 aliphatic rings. The Hall–Kier alpha value is -1.62. The molecule has 2 N–H and O–H groups in total. The van der Waals surface area contributed by atoms with Gasteiger partial charge in [-0.05, 0) is 31.2 Å². The monoisotopic (exact) mass is 291 g/mol. The third kappa shape index (κ3) is 5.26. The summed E-state index contributed by atoms with van der Waals surface area (Å²) in [5, 5.41) is 0.357. The van der Waals surface area contributed by atoms with Crippen LogP contribution < -0.4 is 10.5 Å². The molecule has 19 heavy (non-hydrogen) atoms. The number of halogens is 4. The molecular weight excluding hydrogens is 279 g/mol. The Labute approximate surface area is 114 Å². The van der Waals surface area contributed by atoms with Gasteiger partial charge in [0.05, 0.1) is 5.02 Å². The summed E-state index contributed by atoms with van der Waals surface area (Å²) in [6.45, 7) is 1.12. The summed E-state index contributed by atoms with van der Waals surface area (Å²) < 4.78 is 41.7. The Morgan fingerprint density at radius 1 is 1.42 bits per heavy atom. The lowest BCUT2D eigenvalue weighted by Gasteiger charge is -2.06. The summed E-state index contributed by atoms with van der Waals surface area (Å²) in [6.07, 6.45) is -0.574. The van der Waals surface area contributed by atoms with Crippen molar-refractivity contribution >= 4 is 17.3 Å². The smallest absolute Gasteiger partial charge is 0.412 e. The lowest BCUT2D eigenvalue weighted by Crippen LogP contribution is -2.08. The van der Waals surface area contributed by atoms with Crippen molar-refractivity contribution in [1.29, 1.82) is 0 Å². The molecule has 0 aliphatic heterocycles. The van der Waals surface area contributed by atoms with Crippen molar-refractivity contribution in [3.8, 4) is 5.75 Å². The summed E-state index contributed by atoms with van der Waals surface area (Å²) in [6, 6.07) is 4.76. The van der Waals surface area contributed by atoms with Crippen LogP contribution in [-0.4, -0.2) is 12.8 Å². The van der Waals surface area contributed by atoms with E-state index in [9.17, 15) is 13.2 Å². The van der Waals surface area contributed by atoms with Crippen molar-refractivity contribution < 1.29 is 17.9 Å². The van der Waals surface area contributed by atoms with Gasteiger partial charge < -0.3 is 10.5 Å². The maximum Gasteiger partial charge on any atom is 0.412 e. The molecule has 0 heterocycles. The molecule has 2 nitrogen and oxygen atoms in total. The van der Waals surface area contributed by atoms with Crippen molar-refractivity contribution in [2.45, 2.75) is 13.1 Å². The van der Waals surface area contributed by atoms with Gasteiger partial charge in [-0.25, -0.2) is 0 Å². The van der Waals surface area contributed by atoms with Gasteiger partial charge in [0.2, 0.25) is 0 Å². The number of rotatable bonds is 4. The van der Waals surface area contributed by atoms with Crippen LogP contribution in [-0.2, 0) is 0 Å². The molecule has 0 bridgehead atoms. The maximum absolute atomic E-state index is 12.2. The number of nitrogens with two attached hydrogens (primary N) is 1. The van der Waals surface area contributed by atoms with Crippen LogP contribution >= 0.6 is 11.6 Å². The van der Waals surface area contributed by atoms with Crippen LogP contribution in [0.3, 0.4) is 0 Å². The van der Waals surface area contributed by atoms with Crippen LogP contribution in [0, 0.1) is 0 Å². The topological polar surface area (TPSA) is 35.2 Å². The molecule has 1 aromatic carbocycles. The zero-order valence-corrected chi connectivity index (χ0v) is 10.9. The summed E-state index contributed by atoms with van der Waals surface area (Å²) in [7, 11) is 0. The van der Waals surface area contributed by atoms with Gasteiger partial charge in [-0.1, -0.05) is 23.8 Å². The van der Waals surface area contributed by atoms with Crippen molar-refractivity contribution in [3.05, 3.63) is 47.0 Å². The highest BCUT2D eigenvalue weighted by Crippen LogP contribution is 2.26. The molecule has 0 aliphatic carbocycles. The summed E-state index contributed by atoms with van der Waals surface area (Å²) in [4.78, 5) is 0. The molecule has 0 unspecified atom stereocenters. The van der Waals surface area contributed by atoms with E-state index in [1.54, 1.807) is 12.1 Å². The first-order valence-electron chi connectivity index (χ1n) is 5.39. The molecule has 1 rings (SSSR count). The third-order valence-corrected chi connectivity index (χ3v) is 2.52. The molecule has 0 saturated carbocycles. The second-order valence-corrected chi connectivity index (χ2v) is 4.18. The average molecular weight is 292 g/mol. The van der Waals surface area contributed by atoms with Crippen LogP contribution in [0.15, 0.2) is 42.0 Å². The first-order valence-corrected chi connectivity index (χ1v) is 5.77. The van der Waals surface area contributed by atoms with Gasteiger partial charge in [-0.3, -0.25) is 0 Å². The number of nitrogen functional groups attached to an aromatic ring is 1. The fraction of sp³-hybridized carbons (Fsp3) is 0.231. The second kappa shape index (κ2) is 6.52. The van der Waals surface area contributed by atoms with Gasteiger partial charge in [0, 0.05) is 11.3 Å². The number of benzene rings is 1. The van der Waals surface area contributed by atoms with E-state index >= 15 is 0 Å². The molecule has 0 spiro atoms.